The van der Waals surface area contributed by atoms with Crippen LogP contribution in [0.2, 0.25) is 0 Å². The van der Waals surface area contributed by atoms with Gasteiger partial charge in [-0.2, -0.15) is 0 Å². The number of likely N-dealkylation sites (tertiary alicyclic amines) is 1. The second kappa shape index (κ2) is 11.0. The van der Waals surface area contributed by atoms with Crippen molar-refractivity contribution < 1.29 is 14.4 Å². The van der Waals surface area contributed by atoms with E-state index in [0.29, 0.717) is 12.5 Å². The molecule has 9 heteroatoms. The van der Waals surface area contributed by atoms with Crippen LogP contribution in [-0.4, -0.2) is 66.5 Å². The van der Waals surface area contributed by atoms with E-state index in [0.717, 1.165) is 45.3 Å². The Balaban J connectivity index is 0.00000392. The van der Waals surface area contributed by atoms with Crippen LogP contribution in [0.25, 0.3) is 0 Å². The number of imide groups is 1. The molecule has 0 spiro atoms. The number of amides is 4. The Morgan fingerprint density at radius 2 is 1.89 bits per heavy atom. The molecule has 0 aliphatic carbocycles. The number of urea groups is 1. The van der Waals surface area contributed by atoms with Gasteiger partial charge >= 0.3 is 6.03 Å². The van der Waals surface area contributed by atoms with Gasteiger partial charge in [0, 0.05) is 18.6 Å². The molecular formula is C19H36ClN5O3. The van der Waals surface area contributed by atoms with Crippen LogP contribution in [0.1, 0.15) is 53.4 Å². The van der Waals surface area contributed by atoms with Crippen LogP contribution in [0, 0.1) is 5.92 Å². The maximum absolute atomic E-state index is 12.4. The molecule has 2 heterocycles. The average molecular weight is 418 g/mol. The van der Waals surface area contributed by atoms with Crippen molar-refractivity contribution in [2.24, 2.45) is 5.92 Å². The number of halogens is 1. The van der Waals surface area contributed by atoms with Gasteiger partial charge in [0.05, 0.1) is 12.1 Å². The number of hydrogen-bond donors (Lipinski definition) is 4. The van der Waals surface area contributed by atoms with Gasteiger partial charge in [0.15, 0.2) is 0 Å². The Morgan fingerprint density at radius 3 is 2.50 bits per heavy atom. The Kier molecular flexibility index (Phi) is 9.66. The lowest BCUT2D eigenvalue weighted by atomic mass is 9.96. The molecule has 2 aliphatic heterocycles. The summed E-state index contributed by atoms with van der Waals surface area (Å²) < 4.78 is 0. The summed E-state index contributed by atoms with van der Waals surface area (Å²) in [6.45, 7) is 10.5. The maximum Gasteiger partial charge on any atom is 0.321 e. The fourth-order valence-corrected chi connectivity index (χ4v) is 3.65. The molecule has 3 unspecified atom stereocenters. The van der Waals surface area contributed by atoms with E-state index in [2.05, 4.69) is 26.2 Å². The van der Waals surface area contributed by atoms with Gasteiger partial charge in [0.25, 0.3) is 0 Å². The molecule has 0 aromatic rings. The van der Waals surface area contributed by atoms with Crippen LogP contribution < -0.4 is 21.3 Å². The van der Waals surface area contributed by atoms with E-state index in [1.165, 1.54) is 0 Å². The highest BCUT2D eigenvalue weighted by molar-refractivity contribution is 5.97. The van der Waals surface area contributed by atoms with Crippen molar-refractivity contribution in [3.05, 3.63) is 0 Å². The molecule has 28 heavy (non-hydrogen) atoms. The third-order valence-corrected chi connectivity index (χ3v) is 5.14. The number of nitrogens with one attached hydrogen (secondary N) is 4. The highest BCUT2D eigenvalue weighted by atomic mass is 35.5. The molecule has 4 N–H and O–H groups in total. The first-order chi connectivity index (χ1) is 12.7. The van der Waals surface area contributed by atoms with Gasteiger partial charge in [-0.15, -0.1) is 12.4 Å². The molecule has 2 rings (SSSR count). The number of carbonyl (C=O) groups is 3. The van der Waals surface area contributed by atoms with E-state index in [1.807, 2.05) is 27.7 Å². The van der Waals surface area contributed by atoms with Crippen LogP contribution in [0.15, 0.2) is 0 Å². The van der Waals surface area contributed by atoms with Crippen molar-refractivity contribution in [3.63, 3.8) is 0 Å². The fourth-order valence-electron chi connectivity index (χ4n) is 3.65. The zero-order valence-electron chi connectivity index (χ0n) is 17.5. The first kappa shape index (κ1) is 24.7. The predicted molar refractivity (Wildman–Crippen MR) is 111 cm³/mol. The van der Waals surface area contributed by atoms with Crippen molar-refractivity contribution in [3.8, 4) is 0 Å². The smallest absolute Gasteiger partial charge is 0.321 e. The van der Waals surface area contributed by atoms with E-state index in [4.69, 9.17) is 0 Å². The molecule has 0 aromatic carbocycles. The zero-order chi connectivity index (χ0) is 20.0. The molecule has 2 aliphatic rings. The molecule has 4 amide bonds. The molecule has 162 valence electrons. The minimum atomic E-state index is -0.468. The van der Waals surface area contributed by atoms with E-state index in [1.54, 1.807) is 0 Å². The maximum atomic E-state index is 12.4. The van der Waals surface area contributed by atoms with Gasteiger partial charge in [-0.05, 0) is 72.4 Å². The summed E-state index contributed by atoms with van der Waals surface area (Å²) in [6, 6.07) is -0.911. The first-order valence-electron chi connectivity index (χ1n) is 10.0. The molecule has 0 saturated carbocycles. The lowest BCUT2D eigenvalue weighted by Gasteiger charge is -2.36. The molecular weight excluding hydrogens is 382 g/mol. The minimum absolute atomic E-state index is 0. The van der Waals surface area contributed by atoms with E-state index in [-0.39, 0.29) is 36.3 Å². The topological polar surface area (TPSA) is 103 Å². The molecule has 0 bridgehead atoms. The molecule has 2 fully saturated rings. The summed E-state index contributed by atoms with van der Waals surface area (Å²) in [7, 11) is 0. The number of nitrogens with zero attached hydrogens (tertiary/aromatic N) is 1. The first-order valence-corrected chi connectivity index (χ1v) is 10.0. The standard InChI is InChI=1S/C19H35N5O3.ClH/c1-13(16(25)22-18(27)23-19(2,3)4)24-10-6-7-14(12-24)11-21-17(26)15-8-5-9-20-15;/h13-15,20H,5-12H2,1-4H3,(H,21,26)(H2,22,23,25,27);1H. The summed E-state index contributed by atoms with van der Waals surface area (Å²) in [5.74, 6) is 0.105. The van der Waals surface area contributed by atoms with Gasteiger partial charge in [-0.1, -0.05) is 0 Å². The molecule has 8 nitrogen and oxygen atoms in total. The van der Waals surface area contributed by atoms with Crippen molar-refractivity contribution in [2.45, 2.75) is 71.0 Å². The van der Waals surface area contributed by atoms with Gasteiger partial charge in [-0.25, -0.2) is 4.79 Å². The molecule has 3 atom stereocenters. The van der Waals surface area contributed by atoms with Crippen LogP contribution >= 0.6 is 12.4 Å². The normalized spacial score (nSPS) is 24.0. The minimum Gasteiger partial charge on any atom is -0.354 e. The highest BCUT2D eigenvalue weighted by Gasteiger charge is 2.29. The van der Waals surface area contributed by atoms with Crippen molar-refractivity contribution in [1.82, 2.24) is 26.2 Å². The van der Waals surface area contributed by atoms with Crippen molar-refractivity contribution in [1.29, 1.82) is 0 Å². The lowest BCUT2D eigenvalue weighted by Crippen LogP contribution is -2.55. The van der Waals surface area contributed by atoms with Gasteiger partial charge in [0.1, 0.15) is 0 Å². The number of piperidine rings is 1. The van der Waals surface area contributed by atoms with Crippen molar-refractivity contribution in [2.75, 3.05) is 26.2 Å². The van der Waals surface area contributed by atoms with E-state index >= 15 is 0 Å². The Hall–Kier alpha value is -1.38. The van der Waals surface area contributed by atoms with Crippen LogP contribution in [-0.2, 0) is 9.59 Å². The van der Waals surface area contributed by atoms with Gasteiger partial charge in [0.2, 0.25) is 11.8 Å². The van der Waals surface area contributed by atoms with Gasteiger partial charge < -0.3 is 16.0 Å². The molecule has 0 radical (unpaired) electrons. The van der Waals surface area contributed by atoms with E-state index in [9.17, 15) is 14.4 Å². The summed E-state index contributed by atoms with van der Waals surface area (Å²) in [5, 5.41) is 11.4. The summed E-state index contributed by atoms with van der Waals surface area (Å²) in [4.78, 5) is 38.5. The Labute approximate surface area is 174 Å². The largest absolute Gasteiger partial charge is 0.354 e. The second-order valence-electron chi connectivity index (χ2n) is 8.77. The van der Waals surface area contributed by atoms with Crippen LogP contribution in [0.4, 0.5) is 4.79 Å². The quantitative estimate of drug-likeness (QED) is 0.534. The van der Waals surface area contributed by atoms with Gasteiger partial charge in [-0.3, -0.25) is 19.8 Å². The average Bonchev–Trinajstić information content (AvgIpc) is 3.12. The Bertz CT molecular complexity index is 546. The third-order valence-electron chi connectivity index (χ3n) is 5.14. The number of rotatable bonds is 5. The molecule has 0 aromatic heterocycles. The lowest BCUT2D eigenvalue weighted by molar-refractivity contribution is -0.126. The van der Waals surface area contributed by atoms with Crippen LogP contribution in [0.3, 0.4) is 0 Å². The summed E-state index contributed by atoms with van der Waals surface area (Å²) >= 11 is 0. The second-order valence-corrected chi connectivity index (χ2v) is 8.77. The zero-order valence-corrected chi connectivity index (χ0v) is 18.3. The van der Waals surface area contributed by atoms with Crippen molar-refractivity contribution >= 4 is 30.3 Å². The summed E-state index contributed by atoms with van der Waals surface area (Å²) in [6.07, 6.45) is 3.96. The van der Waals surface area contributed by atoms with Crippen LogP contribution in [0.5, 0.6) is 0 Å². The molecule has 2 saturated heterocycles. The van der Waals surface area contributed by atoms with E-state index < -0.39 is 11.6 Å². The summed E-state index contributed by atoms with van der Waals surface area (Å²) in [5.41, 5.74) is -0.393. The fraction of sp³-hybridized carbons (Fsp3) is 0.842. The number of hydrogen-bond acceptors (Lipinski definition) is 5. The SMILES string of the molecule is CC(C(=O)NC(=O)NC(C)(C)C)N1CCCC(CNC(=O)C2CCCN2)C1.Cl. The monoisotopic (exact) mass is 417 g/mol. The highest BCUT2D eigenvalue weighted by Crippen LogP contribution is 2.18. The third kappa shape index (κ3) is 7.93. The Morgan fingerprint density at radius 1 is 1.18 bits per heavy atom. The predicted octanol–water partition coefficient (Wildman–Crippen LogP) is 1.00. The number of carbonyl (C=O) groups excluding carboxylic acids is 3.